The molecule has 2 rings (SSSR count). The van der Waals surface area contributed by atoms with E-state index in [9.17, 15) is 14.4 Å². The standard InChI is InChI=1S/C19H22N2O6/c1-4-26-16-8-13(5-6-15(16)27-10-17(22)23)18(24)20-9-14-11(2)7-12(3)21-19(14)25/h5-8H,4,9-10H2,1-3H3,(H,20,24)(H,21,25)(H,22,23). The molecule has 0 fully saturated rings. The van der Waals surface area contributed by atoms with Crippen LogP contribution in [-0.2, 0) is 11.3 Å². The van der Waals surface area contributed by atoms with Crippen molar-refractivity contribution in [3.8, 4) is 11.5 Å². The Balaban J connectivity index is 2.15. The van der Waals surface area contributed by atoms with Crippen molar-refractivity contribution in [1.82, 2.24) is 10.3 Å². The number of amides is 1. The average Bonchev–Trinajstić information content (AvgIpc) is 2.59. The van der Waals surface area contributed by atoms with Gasteiger partial charge in [0.25, 0.3) is 11.5 Å². The highest BCUT2D eigenvalue weighted by Crippen LogP contribution is 2.28. The summed E-state index contributed by atoms with van der Waals surface area (Å²) in [6.07, 6.45) is 0. The zero-order valence-corrected chi connectivity index (χ0v) is 15.4. The molecule has 1 amide bonds. The normalized spacial score (nSPS) is 10.3. The van der Waals surface area contributed by atoms with Crippen LogP contribution in [0.3, 0.4) is 0 Å². The molecule has 2 aromatic rings. The maximum atomic E-state index is 12.4. The smallest absolute Gasteiger partial charge is 0.341 e. The Labute approximate surface area is 156 Å². The molecule has 3 N–H and O–H groups in total. The third-order valence-electron chi connectivity index (χ3n) is 3.78. The second-order valence-electron chi connectivity index (χ2n) is 5.90. The molecule has 1 aromatic carbocycles. The largest absolute Gasteiger partial charge is 0.490 e. The maximum absolute atomic E-state index is 12.4. The van der Waals surface area contributed by atoms with Crippen molar-refractivity contribution in [2.75, 3.05) is 13.2 Å². The van der Waals surface area contributed by atoms with Gasteiger partial charge in [-0.2, -0.15) is 0 Å². The molecule has 8 heteroatoms. The number of ether oxygens (including phenoxy) is 2. The van der Waals surface area contributed by atoms with E-state index in [1.165, 1.54) is 18.2 Å². The van der Waals surface area contributed by atoms with Gasteiger partial charge in [-0.05, 0) is 50.6 Å². The first-order chi connectivity index (χ1) is 12.8. The number of hydrogen-bond donors (Lipinski definition) is 3. The molecule has 0 spiro atoms. The van der Waals surface area contributed by atoms with E-state index in [0.717, 1.165) is 11.3 Å². The fourth-order valence-corrected chi connectivity index (χ4v) is 2.55. The number of aryl methyl sites for hydroxylation is 2. The molecule has 1 heterocycles. The van der Waals surface area contributed by atoms with Gasteiger partial charge in [0, 0.05) is 23.4 Å². The molecule has 27 heavy (non-hydrogen) atoms. The van der Waals surface area contributed by atoms with Crippen LogP contribution in [0.1, 0.15) is 34.1 Å². The highest BCUT2D eigenvalue weighted by Gasteiger charge is 2.14. The molecule has 0 bridgehead atoms. The lowest BCUT2D eigenvalue weighted by atomic mass is 10.1. The van der Waals surface area contributed by atoms with Gasteiger partial charge in [-0.15, -0.1) is 0 Å². The second kappa shape index (κ2) is 8.88. The number of aromatic amines is 1. The number of benzene rings is 1. The summed E-state index contributed by atoms with van der Waals surface area (Å²) in [7, 11) is 0. The number of carbonyl (C=O) groups excluding carboxylic acids is 1. The van der Waals surface area contributed by atoms with Crippen LogP contribution in [0.25, 0.3) is 0 Å². The van der Waals surface area contributed by atoms with Gasteiger partial charge in [0.05, 0.1) is 6.61 Å². The van der Waals surface area contributed by atoms with Crippen LogP contribution in [0.5, 0.6) is 11.5 Å². The van der Waals surface area contributed by atoms with Crippen LogP contribution < -0.4 is 20.3 Å². The van der Waals surface area contributed by atoms with Crippen molar-refractivity contribution < 1.29 is 24.2 Å². The summed E-state index contributed by atoms with van der Waals surface area (Å²) in [4.78, 5) is 37.8. The van der Waals surface area contributed by atoms with E-state index in [1.807, 2.05) is 13.0 Å². The van der Waals surface area contributed by atoms with E-state index in [-0.39, 0.29) is 29.5 Å². The zero-order valence-electron chi connectivity index (χ0n) is 15.4. The lowest BCUT2D eigenvalue weighted by molar-refractivity contribution is -0.139. The monoisotopic (exact) mass is 374 g/mol. The number of carboxylic acid groups (broad SMARTS) is 1. The molecule has 0 unspecified atom stereocenters. The lowest BCUT2D eigenvalue weighted by Crippen LogP contribution is -2.28. The third-order valence-corrected chi connectivity index (χ3v) is 3.78. The lowest BCUT2D eigenvalue weighted by Gasteiger charge is -2.13. The molecule has 144 valence electrons. The molecule has 0 aliphatic heterocycles. The van der Waals surface area contributed by atoms with Crippen LogP contribution in [0.15, 0.2) is 29.1 Å². The molecule has 1 aromatic heterocycles. The molecular weight excluding hydrogens is 352 g/mol. The van der Waals surface area contributed by atoms with Gasteiger partial charge in [-0.1, -0.05) is 0 Å². The van der Waals surface area contributed by atoms with Gasteiger partial charge in [0.1, 0.15) is 0 Å². The predicted molar refractivity (Wildman–Crippen MR) is 98.4 cm³/mol. The van der Waals surface area contributed by atoms with Gasteiger partial charge in [-0.25, -0.2) is 4.79 Å². The minimum Gasteiger partial charge on any atom is -0.490 e. The summed E-state index contributed by atoms with van der Waals surface area (Å²) in [5, 5.41) is 11.4. The van der Waals surface area contributed by atoms with Crippen molar-refractivity contribution in [3.05, 3.63) is 57.0 Å². The molecule has 0 aliphatic rings. The zero-order chi connectivity index (χ0) is 20.0. The number of H-pyrrole nitrogens is 1. The topological polar surface area (TPSA) is 118 Å². The van der Waals surface area contributed by atoms with E-state index >= 15 is 0 Å². The third kappa shape index (κ3) is 5.34. The van der Waals surface area contributed by atoms with Gasteiger partial charge in [0.15, 0.2) is 18.1 Å². The predicted octanol–water partition coefficient (Wildman–Crippen LogP) is 1.78. The number of carbonyl (C=O) groups is 2. The molecule has 0 aliphatic carbocycles. The summed E-state index contributed by atoms with van der Waals surface area (Å²) >= 11 is 0. The SMILES string of the molecule is CCOc1cc(C(=O)NCc2c(C)cc(C)[nH]c2=O)ccc1OCC(=O)O. The summed E-state index contributed by atoms with van der Waals surface area (Å²) < 4.78 is 10.6. The van der Waals surface area contributed by atoms with Gasteiger partial charge >= 0.3 is 5.97 Å². The van der Waals surface area contributed by atoms with E-state index < -0.39 is 12.6 Å². The van der Waals surface area contributed by atoms with Gasteiger partial charge in [0.2, 0.25) is 0 Å². The summed E-state index contributed by atoms with van der Waals surface area (Å²) in [6, 6.07) is 6.29. The van der Waals surface area contributed by atoms with E-state index in [4.69, 9.17) is 14.6 Å². The molecule has 0 saturated carbocycles. The first-order valence-electron chi connectivity index (χ1n) is 8.40. The highest BCUT2D eigenvalue weighted by atomic mass is 16.5. The molecular formula is C19H22N2O6. The Kier molecular flexibility index (Phi) is 6.59. The van der Waals surface area contributed by atoms with Crippen molar-refractivity contribution in [3.63, 3.8) is 0 Å². The summed E-state index contributed by atoms with van der Waals surface area (Å²) in [5.74, 6) is -0.990. The molecule has 0 radical (unpaired) electrons. The second-order valence-corrected chi connectivity index (χ2v) is 5.90. The fourth-order valence-electron chi connectivity index (χ4n) is 2.55. The molecule has 0 atom stereocenters. The number of pyridine rings is 1. The van der Waals surface area contributed by atoms with Crippen LogP contribution >= 0.6 is 0 Å². The number of aliphatic carboxylic acids is 1. The number of aromatic nitrogens is 1. The Morgan fingerprint density at radius 3 is 2.52 bits per heavy atom. The van der Waals surface area contributed by atoms with Crippen molar-refractivity contribution in [2.24, 2.45) is 0 Å². The van der Waals surface area contributed by atoms with Crippen molar-refractivity contribution in [2.45, 2.75) is 27.3 Å². The molecule has 0 saturated heterocycles. The van der Waals surface area contributed by atoms with Crippen LogP contribution in [0, 0.1) is 13.8 Å². The Morgan fingerprint density at radius 1 is 1.15 bits per heavy atom. The fraction of sp³-hybridized carbons (Fsp3) is 0.316. The maximum Gasteiger partial charge on any atom is 0.341 e. The number of rotatable bonds is 8. The first-order valence-corrected chi connectivity index (χ1v) is 8.40. The number of hydrogen-bond acceptors (Lipinski definition) is 5. The van der Waals surface area contributed by atoms with Crippen LogP contribution in [0.4, 0.5) is 0 Å². The van der Waals surface area contributed by atoms with Crippen LogP contribution in [0.2, 0.25) is 0 Å². The highest BCUT2D eigenvalue weighted by molar-refractivity contribution is 5.94. The van der Waals surface area contributed by atoms with Gasteiger partial charge < -0.3 is 24.9 Å². The van der Waals surface area contributed by atoms with Crippen molar-refractivity contribution in [1.29, 1.82) is 0 Å². The average molecular weight is 374 g/mol. The van der Waals surface area contributed by atoms with Gasteiger partial charge in [-0.3, -0.25) is 9.59 Å². The van der Waals surface area contributed by atoms with Crippen LogP contribution in [-0.4, -0.2) is 35.2 Å². The Bertz CT molecular complexity index is 904. The minimum atomic E-state index is -1.11. The quantitative estimate of drug-likeness (QED) is 0.648. The van der Waals surface area contributed by atoms with E-state index in [2.05, 4.69) is 10.3 Å². The first kappa shape index (κ1) is 20.0. The number of nitrogens with one attached hydrogen (secondary N) is 2. The minimum absolute atomic E-state index is 0.0848. The Morgan fingerprint density at radius 2 is 1.89 bits per heavy atom. The van der Waals surface area contributed by atoms with E-state index in [1.54, 1.807) is 13.8 Å². The summed E-state index contributed by atoms with van der Waals surface area (Å²) in [6.45, 7) is 5.26. The van der Waals surface area contributed by atoms with Crippen molar-refractivity contribution >= 4 is 11.9 Å². The molecule has 8 nitrogen and oxygen atoms in total. The Hall–Kier alpha value is -3.29. The summed E-state index contributed by atoms with van der Waals surface area (Å²) in [5.41, 5.74) is 2.11. The van der Waals surface area contributed by atoms with E-state index in [0.29, 0.717) is 17.7 Å². The number of carboxylic acids is 1.